The Hall–Kier alpha value is -0.940. The van der Waals surface area contributed by atoms with Gasteiger partial charge in [-0.25, -0.2) is 0 Å². The van der Waals surface area contributed by atoms with Crippen LogP contribution in [0.15, 0.2) is 0 Å². The van der Waals surface area contributed by atoms with Crippen LogP contribution in [0.2, 0.25) is 0 Å². The molecule has 1 aliphatic rings. The number of piperazine rings is 1. The molecule has 0 spiro atoms. The van der Waals surface area contributed by atoms with Gasteiger partial charge in [0.2, 0.25) is 0 Å². The third kappa shape index (κ3) is 1.75. The fourth-order valence-electron chi connectivity index (χ4n) is 1.01. The van der Waals surface area contributed by atoms with E-state index in [0.29, 0.717) is 18.9 Å². The van der Waals surface area contributed by atoms with Crippen molar-refractivity contribution in [3.8, 4) is 0 Å². The zero-order valence-electron chi connectivity index (χ0n) is 6.22. The summed E-state index contributed by atoms with van der Waals surface area (Å²) in [7, 11) is 0. The van der Waals surface area contributed by atoms with Crippen molar-refractivity contribution in [3.63, 3.8) is 0 Å². The van der Waals surface area contributed by atoms with E-state index in [0.717, 1.165) is 6.54 Å². The minimum absolute atomic E-state index is 0.108. The average molecular weight is 156 g/mol. The molecular weight excluding hydrogens is 144 g/mol. The van der Waals surface area contributed by atoms with E-state index in [1.165, 1.54) is 4.90 Å². The molecule has 0 aromatic carbocycles. The Morgan fingerprint density at radius 3 is 3.00 bits per heavy atom. The largest absolute Gasteiger partial charge is 0.388 e. The fourth-order valence-corrected chi connectivity index (χ4v) is 1.01. The summed E-state index contributed by atoms with van der Waals surface area (Å²) in [5, 5.41) is 26.3. The van der Waals surface area contributed by atoms with Crippen LogP contribution in [0.1, 0.15) is 0 Å². The number of hydrogen-bond donors (Lipinski definition) is 4. The maximum absolute atomic E-state index is 8.62. The summed E-state index contributed by atoms with van der Waals surface area (Å²) in [4.78, 5) is 1.51. The van der Waals surface area contributed by atoms with Crippen LogP contribution < -0.4 is 5.32 Å². The van der Waals surface area contributed by atoms with Crippen LogP contribution in [0, 0.1) is 10.8 Å². The average Bonchev–Trinajstić information content (AvgIpc) is 2.04. The van der Waals surface area contributed by atoms with Crippen molar-refractivity contribution in [1.82, 2.24) is 10.2 Å². The van der Waals surface area contributed by atoms with Crippen LogP contribution in [0.4, 0.5) is 0 Å². The molecule has 1 aliphatic heterocycles. The van der Waals surface area contributed by atoms with E-state index in [1.807, 2.05) is 0 Å². The molecule has 1 heterocycles. The third-order valence-corrected chi connectivity index (χ3v) is 1.61. The Morgan fingerprint density at radius 2 is 2.45 bits per heavy atom. The van der Waals surface area contributed by atoms with Crippen molar-refractivity contribution in [2.24, 2.45) is 0 Å². The second-order valence-electron chi connectivity index (χ2n) is 2.38. The maximum Gasteiger partial charge on any atom is 0.128 e. The number of nitrogens with one attached hydrogen (secondary N) is 3. The molecule has 0 aromatic rings. The van der Waals surface area contributed by atoms with Crippen molar-refractivity contribution < 1.29 is 5.11 Å². The van der Waals surface area contributed by atoms with Crippen molar-refractivity contribution in [3.05, 3.63) is 0 Å². The molecule has 0 atom stereocenters. The topological polar surface area (TPSA) is 83.2 Å². The Kier molecular flexibility index (Phi) is 2.56. The molecule has 5 heteroatoms. The molecule has 4 N–H and O–H groups in total. The number of amidine groups is 2. The van der Waals surface area contributed by atoms with E-state index in [9.17, 15) is 0 Å². The summed E-state index contributed by atoms with van der Waals surface area (Å²) < 4.78 is 0. The van der Waals surface area contributed by atoms with Crippen molar-refractivity contribution in [2.45, 2.75) is 0 Å². The molecule has 0 radical (unpaired) electrons. The van der Waals surface area contributed by atoms with E-state index in [4.69, 9.17) is 15.9 Å². The van der Waals surface area contributed by atoms with Crippen molar-refractivity contribution >= 4 is 11.7 Å². The standard InChI is InChI=1S/C6H12N4O/c7-5-3-9-1-2-10(5)6(8)4-11/h7-9,11H,1-4H2. The zero-order chi connectivity index (χ0) is 8.27. The van der Waals surface area contributed by atoms with Gasteiger partial charge in [0, 0.05) is 13.1 Å². The van der Waals surface area contributed by atoms with E-state index in [-0.39, 0.29) is 12.4 Å². The van der Waals surface area contributed by atoms with Crippen LogP contribution in [0.25, 0.3) is 0 Å². The van der Waals surface area contributed by atoms with Gasteiger partial charge in [-0.3, -0.25) is 10.8 Å². The molecule has 1 rings (SSSR count). The summed E-state index contributed by atoms with van der Waals surface area (Å²) in [5.74, 6) is 0.465. The molecule has 0 bridgehead atoms. The first kappa shape index (κ1) is 8.16. The molecule has 62 valence electrons. The predicted octanol–water partition coefficient (Wildman–Crippen LogP) is -1.16. The second kappa shape index (κ2) is 3.45. The first-order valence-corrected chi connectivity index (χ1v) is 3.49. The molecule has 0 aliphatic carbocycles. The summed E-state index contributed by atoms with van der Waals surface area (Å²) in [6.45, 7) is 1.58. The van der Waals surface area contributed by atoms with Crippen LogP contribution in [0.5, 0.6) is 0 Å². The maximum atomic E-state index is 8.62. The lowest BCUT2D eigenvalue weighted by atomic mass is 10.3. The molecule has 0 aromatic heterocycles. The molecule has 1 fully saturated rings. The first-order chi connectivity index (χ1) is 5.25. The van der Waals surface area contributed by atoms with Crippen molar-refractivity contribution in [1.29, 1.82) is 10.8 Å². The van der Waals surface area contributed by atoms with E-state index >= 15 is 0 Å². The normalized spacial score (nSPS) is 18.6. The molecule has 11 heavy (non-hydrogen) atoms. The molecular formula is C6H12N4O. The Bertz CT molecular complexity index is 171. The lowest BCUT2D eigenvalue weighted by molar-refractivity contribution is 0.337. The van der Waals surface area contributed by atoms with Gasteiger partial charge in [0.1, 0.15) is 18.3 Å². The Morgan fingerprint density at radius 1 is 1.73 bits per heavy atom. The van der Waals surface area contributed by atoms with Crippen LogP contribution in [0.3, 0.4) is 0 Å². The molecule has 0 amide bonds. The smallest absolute Gasteiger partial charge is 0.128 e. The van der Waals surface area contributed by atoms with Gasteiger partial charge in [-0.15, -0.1) is 0 Å². The van der Waals surface area contributed by atoms with Gasteiger partial charge in [0.25, 0.3) is 0 Å². The van der Waals surface area contributed by atoms with Crippen LogP contribution >= 0.6 is 0 Å². The van der Waals surface area contributed by atoms with Gasteiger partial charge in [0.05, 0.1) is 6.54 Å². The molecule has 0 saturated carbocycles. The molecule has 1 saturated heterocycles. The number of rotatable bonds is 1. The van der Waals surface area contributed by atoms with Gasteiger partial charge in [-0.1, -0.05) is 0 Å². The number of nitrogens with zero attached hydrogens (tertiary/aromatic N) is 1. The fraction of sp³-hybridized carbons (Fsp3) is 0.667. The Labute approximate surface area is 65.0 Å². The van der Waals surface area contributed by atoms with Gasteiger partial charge >= 0.3 is 0 Å². The van der Waals surface area contributed by atoms with Crippen molar-refractivity contribution in [2.75, 3.05) is 26.2 Å². The second-order valence-corrected chi connectivity index (χ2v) is 2.38. The highest BCUT2D eigenvalue weighted by Gasteiger charge is 2.17. The minimum Gasteiger partial charge on any atom is -0.388 e. The zero-order valence-corrected chi connectivity index (χ0v) is 6.22. The number of aliphatic hydroxyl groups is 1. The summed E-state index contributed by atoms with van der Waals surface area (Å²) in [5.41, 5.74) is 0. The van der Waals surface area contributed by atoms with Gasteiger partial charge in [0.15, 0.2) is 0 Å². The van der Waals surface area contributed by atoms with Gasteiger partial charge in [-0.2, -0.15) is 0 Å². The minimum atomic E-state index is -0.289. The van der Waals surface area contributed by atoms with E-state index in [2.05, 4.69) is 5.32 Å². The van der Waals surface area contributed by atoms with Crippen LogP contribution in [-0.4, -0.2) is 47.9 Å². The molecule has 5 nitrogen and oxygen atoms in total. The lowest BCUT2D eigenvalue weighted by Gasteiger charge is -2.29. The highest BCUT2D eigenvalue weighted by Crippen LogP contribution is 1.94. The third-order valence-electron chi connectivity index (χ3n) is 1.61. The van der Waals surface area contributed by atoms with E-state index in [1.54, 1.807) is 0 Å². The quantitative estimate of drug-likeness (QED) is 0.285. The Balaban J connectivity index is 2.54. The highest BCUT2D eigenvalue weighted by molar-refractivity contribution is 5.99. The summed E-state index contributed by atoms with van der Waals surface area (Å²) >= 11 is 0. The first-order valence-electron chi connectivity index (χ1n) is 3.49. The number of hydrogen-bond acceptors (Lipinski definition) is 4. The predicted molar refractivity (Wildman–Crippen MR) is 42.1 cm³/mol. The SMILES string of the molecule is N=C(CO)N1CCNCC1=N. The van der Waals surface area contributed by atoms with Crippen LogP contribution in [-0.2, 0) is 0 Å². The van der Waals surface area contributed by atoms with Gasteiger partial charge in [-0.05, 0) is 0 Å². The number of aliphatic hydroxyl groups excluding tert-OH is 1. The van der Waals surface area contributed by atoms with Gasteiger partial charge < -0.3 is 15.3 Å². The van der Waals surface area contributed by atoms with E-state index < -0.39 is 0 Å². The highest BCUT2D eigenvalue weighted by atomic mass is 16.3. The summed E-state index contributed by atoms with van der Waals surface area (Å²) in [6, 6.07) is 0. The lowest BCUT2D eigenvalue weighted by Crippen LogP contribution is -2.50. The summed E-state index contributed by atoms with van der Waals surface area (Å²) in [6.07, 6.45) is 0. The monoisotopic (exact) mass is 156 g/mol. The molecule has 0 unspecified atom stereocenters.